The van der Waals surface area contributed by atoms with Gasteiger partial charge < -0.3 is 25.1 Å². The maximum atomic E-state index is 12.0. The van der Waals surface area contributed by atoms with Crippen LogP contribution < -0.4 is 15.5 Å². The average molecular weight is 311 g/mol. The molecule has 0 saturated heterocycles. The van der Waals surface area contributed by atoms with E-state index in [1.807, 2.05) is 43.3 Å². The van der Waals surface area contributed by atoms with Crippen LogP contribution >= 0.6 is 0 Å². The SMILES string of the molecule is CN(C)c1ccc(NC(=O)Nc2ccc3occ(O)c3c2)cc1. The first-order valence-electron chi connectivity index (χ1n) is 7.08. The topological polar surface area (TPSA) is 77.7 Å². The van der Waals surface area contributed by atoms with Crippen LogP contribution in [-0.4, -0.2) is 25.2 Å². The van der Waals surface area contributed by atoms with Crippen LogP contribution in [0.15, 0.2) is 53.1 Å². The first-order valence-corrected chi connectivity index (χ1v) is 7.08. The fourth-order valence-electron chi connectivity index (χ4n) is 2.23. The van der Waals surface area contributed by atoms with Gasteiger partial charge in [0.05, 0.1) is 5.39 Å². The van der Waals surface area contributed by atoms with Gasteiger partial charge in [0, 0.05) is 31.2 Å². The van der Waals surface area contributed by atoms with Crippen LogP contribution in [-0.2, 0) is 0 Å². The van der Waals surface area contributed by atoms with Crippen molar-refractivity contribution in [1.82, 2.24) is 0 Å². The maximum absolute atomic E-state index is 12.0. The lowest BCUT2D eigenvalue weighted by atomic mass is 10.2. The Balaban J connectivity index is 1.69. The molecule has 0 saturated carbocycles. The molecule has 2 amide bonds. The highest BCUT2D eigenvalue weighted by Crippen LogP contribution is 2.29. The predicted molar refractivity (Wildman–Crippen MR) is 91.3 cm³/mol. The molecule has 3 N–H and O–H groups in total. The van der Waals surface area contributed by atoms with Crippen LogP contribution in [0, 0.1) is 0 Å². The van der Waals surface area contributed by atoms with Gasteiger partial charge in [-0.3, -0.25) is 0 Å². The number of nitrogens with zero attached hydrogens (tertiary/aromatic N) is 1. The Morgan fingerprint density at radius 2 is 1.70 bits per heavy atom. The van der Waals surface area contributed by atoms with Crippen molar-refractivity contribution in [3.05, 3.63) is 48.7 Å². The standard InChI is InChI=1S/C17H17N3O3/c1-20(2)13-6-3-11(4-7-13)18-17(22)19-12-5-8-16-14(9-12)15(21)10-23-16/h3-10,21H,1-2H3,(H2,18,19,22). The Morgan fingerprint density at radius 1 is 1.04 bits per heavy atom. The van der Waals surface area contributed by atoms with Crippen LogP contribution in [0.2, 0.25) is 0 Å². The highest BCUT2D eigenvalue weighted by Gasteiger charge is 2.08. The molecular formula is C17H17N3O3. The smallest absolute Gasteiger partial charge is 0.323 e. The lowest BCUT2D eigenvalue weighted by Gasteiger charge is -2.13. The van der Waals surface area contributed by atoms with Crippen molar-refractivity contribution in [2.75, 3.05) is 29.6 Å². The van der Waals surface area contributed by atoms with Gasteiger partial charge in [-0.15, -0.1) is 0 Å². The van der Waals surface area contributed by atoms with E-state index in [1.54, 1.807) is 18.2 Å². The molecule has 23 heavy (non-hydrogen) atoms. The Kier molecular flexibility index (Phi) is 3.80. The summed E-state index contributed by atoms with van der Waals surface area (Å²) >= 11 is 0. The van der Waals surface area contributed by atoms with Crippen LogP contribution in [0.3, 0.4) is 0 Å². The Labute approximate surface area is 133 Å². The number of urea groups is 1. The van der Waals surface area contributed by atoms with Crippen molar-refractivity contribution in [2.24, 2.45) is 0 Å². The molecule has 118 valence electrons. The number of carbonyl (C=O) groups excluding carboxylic acids is 1. The normalized spacial score (nSPS) is 10.5. The van der Waals surface area contributed by atoms with Gasteiger partial charge in [0.2, 0.25) is 0 Å². The first-order chi connectivity index (χ1) is 11.0. The molecule has 0 unspecified atom stereocenters. The number of nitrogens with one attached hydrogen (secondary N) is 2. The van der Waals surface area contributed by atoms with Crippen molar-refractivity contribution in [1.29, 1.82) is 0 Å². The lowest BCUT2D eigenvalue weighted by Crippen LogP contribution is -2.19. The molecule has 3 rings (SSSR count). The predicted octanol–water partition coefficient (Wildman–Crippen LogP) is 3.85. The summed E-state index contributed by atoms with van der Waals surface area (Å²) in [5.41, 5.74) is 2.88. The van der Waals surface area contributed by atoms with E-state index in [0.717, 1.165) is 5.69 Å². The quantitative estimate of drug-likeness (QED) is 0.686. The lowest BCUT2D eigenvalue weighted by molar-refractivity contribution is 0.262. The number of hydrogen-bond acceptors (Lipinski definition) is 4. The third-order valence-corrected chi connectivity index (χ3v) is 3.45. The number of aromatic hydroxyl groups is 1. The van der Waals surface area contributed by atoms with E-state index >= 15 is 0 Å². The van der Waals surface area contributed by atoms with E-state index in [9.17, 15) is 9.90 Å². The zero-order chi connectivity index (χ0) is 16.4. The van der Waals surface area contributed by atoms with Gasteiger partial charge in [-0.05, 0) is 42.5 Å². The molecule has 0 radical (unpaired) electrons. The number of hydrogen-bond donors (Lipinski definition) is 3. The zero-order valence-corrected chi connectivity index (χ0v) is 12.8. The van der Waals surface area contributed by atoms with E-state index in [-0.39, 0.29) is 11.8 Å². The zero-order valence-electron chi connectivity index (χ0n) is 12.8. The summed E-state index contributed by atoms with van der Waals surface area (Å²) in [5.74, 6) is 0.0448. The second-order valence-electron chi connectivity index (χ2n) is 5.35. The van der Waals surface area contributed by atoms with E-state index in [4.69, 9.17) is 4.42 Å². The molecule has 6 heteroatoms. The third kappa shape index (κ3) is 3.21. The van der Waals surface area contributed by atoms with Crippen LogP contribution in [0.5, 0.6) is 5.75 Å². The molecule has 0 atom stereocenters. The maximum Gasteiger partial charge on any atom is 0.323 e. The fraction of sp³-hybridized carbons (Fsp3) is 0.118. The van der Waals surface area contributed by atoms with Gasteiger partial charge in [0.25, 0.3) is 0 Å². The van der Waals surface area contributed by atoms with Gasteiger partial charge in [-0.2, -0.15) is 0 Å². The van der Waals surface area contributed by atoms with Crippen LogP contribution in [0.4, 0.5) is 21.9 Å². The van der Waals surface area contributed by atoms with Gasteiger partial charge >= 0.3 is 6.03 Å². The fourth-order valence-corrected chi connectivity index (χ4v) is 2.23. The first kappa shape index (κ1) is 14.8. The molecule has 2 aromatic carbocycles. The Bertz CT molecular complexity index is 838. The number of amides is 2. The summed E-state index contributed by atoms with van der Waals surface area (Å²) in [6.45, 7) is 0. The van der Waals surface area contributed by atoms with Gasteiger partial charge in [-0.25, -0.2) is 4.79 Å². The molecule has 1 aromatic heterocycles. The van der Waals surface area contributed by atoms with Crippen LogP contribution in [0.25, 0.3) is 11.0 Å². The molecule has 0 spiro atoms. The minimum absolute atomic E-state index is 0.0448. The molecule has 0 fully saturated rings. The van der Waals surface area contributed by atoms with Crippen molar-refractivity contribution >= 4 is 34.1 Å². The monoisotopic (exact) mass is 311 g/mol. The van der Waals surface area contributed by atoms with Gasteiger partial charge in [0.15, 0.2) is 5.75 Å². The summed E-state index contributed by atoms with van der Waals surface area (Å²) in [4.78, 5) is 14.0. The number of benzene rings is 2. The summed E-state index contributed by atoms with van der Waals surface area (Å²) in [7, 11) is 3.91. The molecule has 0 aliphatic carbocycles. The molecule has 0 bridgehead atoms. The van der Waals surface area contributed by atoms with Gasteiger partial charge in [0.1, 0.15) is 11.8 Å². The summed E-state index contributed by atoms with van der Waals surface area (Å²) in [6, 6.07) is 12.2. The minimum atomic E-state index is -0.357. The van der Waals surface area contributed by atoms with Crippen LogP contribution in [0.1, 0.15) is 0 Å². The summed E-state index contributed by atoms with van der Waals surface area (Å²) in [5, 5.41) is 15.7. The second-order valence-corrected chi connectivity index (χ2v) is 5.35. The summed E-state index contributed by atoms with van der Waals surface area (Å²) < 4.78 is 5.15. The Hall–Kier alpha value is -3.15. The molecule has 0 aliphatic rings. The van der Waals surface area contributed by atoms with E-state index < -0.39 is 0 Å². The average Bonchev–Trinajstić information content (AvgIpc) is 2.89. The molecule has 6 nitrogen and oxygen atoms in total. The third-order valence-electron chi connectivity index (χ3n) is 3.45. The summed E-state index contributed by atoms with van der Waals surface area (Å²) in [6.07, 6.45) is 1.26. The highest BCUT2D eigenvalue weighted by molar-refractivity contribution is 6.01. The van der Waals surface area contributed by atoms with Crippen molar-refractivity contribution in [2.45, 2.75) is 0 Å². The number of rotatable bonds is 3. The molecule has 1 heterocycles. The van der Waals surface area contributed by atoms with Crippen molar-refractivity contribution < 1.29 is 14.3 Å². The van der Waals surface area contributed by atoms with Crippen molar-refractivity contribution in [3.63, 3.8) is 0 Å². The van der Waals surface area contributed by atoms with E-state index in [1.165, 1.54) is 6.26 Å². The molecule has 0 aliphatic heterocycles. The molecular weight excluding hydrogens is 294 g/mol. The number of carbonyl (C=O) groups is 1. The number of fused-ring (bicyclic) bond motifs is 1. The second kappa shape index (κ2) is 5.92. The van der Waals surface area contributed by atoms with E-state index in [0.29, 0.717) is 22.3 Å². The highest BCUT2D eigenvalue weighted by atomic mass is 16.4. The Morgan fingerprint density at radius 3 is 2.39 bits per heavy atom. The number of anilines is 3. The van der Waals surface area contributed by atoms with Crippen molar-refractivity contribution in [3.8, 4) is 5.75 Å². The number of furan rings is 1. The molecule has 3 aromatic rings. The van der Waals surface area contributed by atoms with Gasteiger partial charge in [-0.1, -0.05) is 0 Å². The van der Waals surface area contributed by atoms with E-state index in [2.05, 4.69) is 10.6 Å². The minimum Gasteiger partial charge on any atom is -0.504 e. The largest absolute Gasteiger partial charge is 0.504 e.